The summed E-state index contributed by atoms with van der Waals surface area (Å²) in [5.74, 6) is 0. The van der Waals surface area contributed by atoms with Crippen LogP contribution in [0.1, 0.15) is 27.8 Å². The Morgan fingerprint density at radius 2 is 1.14 bits per heavy atom. The third kappa shape index (κ3) is 1.90. The van der Waals surface area contributed by atoms with Crippen LogP contribution < -0.4 is 0 Å². The van der Waals surface area contributed by atoms with Crippen molar-refractivity contribution in [1.82, 2.24) is 0 Å². The number of hydrogen-bond donors (Lipinski definition) is 0. The molecule has 3 heteroatoms. The van der Waals surface area contributed by atoms with Gasteiger partial charge in [0.05, 0.1) is 0 Å². The van der Waals surface area contributed by atoms with Crippen LogP contribution in [0.25, 0.3) is 10.8 Å². The van der Waals surface area contributed by atoms with Crippen molar-refractivity contribution in [1.29, 1.82) is 0 Å². The highest BCUT2D eigenvalue weighted by Gasteiger charge is 2.75. The summed E-state index contributed by atoms with van der Waals surface area (Å²) in [6.07, 6.45) is -0.644. The van der Waals surface area contributed by atoms with E-state index in [1.54, 1.807) is 0 Å². The maximum Gasteiger partial charge on any atom is 0.511 e. The molecule has 0 bridgehead atoms. The molecule has 0 radical (unpaired) electrons. The molecule has 3 nitrogen and oxygen atoms in total. The predicted molar refractivity (Wildman–Crippen MR) is 111 cm³/mol. The zero-order valence-electron chi connectivity index (χ0n) is 15.9. The van der Waals surface area contributed by atoms with Gasteiger partial charge in [-0.2, -0.15) is 0 Å². The molecule has 1 aliphatic heterocycles. The van der Waals surface area contributed by atoms with Crippen molar-refractivity contribution < 1.29 is 14.3 Å². The second-order valence-corrected chi connectivity index (χ2v) is 7.80. The average molecular weight is 378 g/mol. The van der Waals surface area contributed by atoms with Crippen LogP contribution in [0, 0.1) is 6.92 Å². The number of carbonyl (C=O) groups excluding carboxylic acids is 1. The second kappa shape index (κ2) is 5.48. The van der Waals surface area contributed by atoms with E-state index >= 15 is 0 Å². The Bertz CT molecular complexity index is 1280. The maximum absolute atomic E-state index is 12.6. The van der Waals surface area contributed by atoms with Crippen molar-refractivity contribution in [3.63, 3.8) is 0 Å². The Kier molecular flexibility index (Phi) is 3.09. The van der Waals surface area contributed by atoms with Gasteiger partial charge in [0, 0.05) is 22.3 Å². The van der Waals surface area contributed by atoms with Crippen molar-refractivity contribution in [3.8, 4) is 0 Å². The summed E-state index contributed by atoms with van der Waals surface area (Å²) >= 11 is 0. The molecule has 0 unspecified atom stereocenters. The number of aryl methyl sites for hydroxylation is 1. The Hall–Kier alpha value is -3.59. The molecule has 29 heavy (non-hydrogen) atoms. The molecular formula is C26H18O3. The van der Waals surface area contributed by atoms with E-state index in [1.165, 1.54) is 5.56 Å². The minimum absolute atomic E-state index is 0.644. The fourth-order valence-electron chi connectivity index (χ4n) is 5.02. The number of carbonyl (C=O) groups is 1. The van der Waals surface area contributed by atoms with Gasteiger partial charge in [-0.15, -0.1) is 0 Å². The first-order valence-corrected chi connectivity index (χ1v) is 9.73. The molecule has 0 aromatic heterocycles. The molecule has 0 saturated carbocycles. The van der Waals surface area contributed by atoms with Gasteiger partial charge in [0.2, 0.25) is 11.2 Å². The first kappa shape index (κ1) is 16.4. The fraction of sp³-hybridized carbons (Fsp3) is 0.115. The monoisotopic (exact) mass is 378 g/mol. The van der Waals surface area contributed by atoms with Gasteiger partial charge in [0.15, 0.2) is 0 Å². The van der Waals surface area contributed by atoms with E-state index in [1.807, 2.05) is 60.7 Å². The summed E-state index contributed by atoms with van der Waals surface area (Å²) in [6, 6.07) is 30.5. The minimum Gasteiger partial charge on any atom is -0.413 e. The average Bonchev–Trinajstić information content (AvgIpc) is 3.03. The van der Waals surface area contributed by atoms with Crippen LogP contribution >= 0.6 is 0 Å². The highest BCUT2D eigenvalue weighted by molar-refractivity contribution is 5.89. The molecule has 1 saturated heterocycles. The smallest absolute Gasteiger partial charge is 0.413 e. The maximum atomic E-state index is 12.6. The minimum atomic E-state index is -1.00. The second-order valence-electron chi connectivity index (χ2n) is 7.80. The van der Waals surface area contributed by atoms with Crippen LogP contribution in [0.2, 0.25) is 0 Å². The third-order valence-corrected chi connectivity index (χ3v) is 6.22. The lowest BCUT2D eigenvalue weighted by molar-refractivity contribution is -0.0334. The molecular weight excluding hydrogens is 360 g/mol. The standard InChI is InChI=1S/C26H18O3/c1-17-12-13-18-15-22-23(16-19(18)14-17)26(21-10-6-3-7-11-21)25(22,28-24(27)29-26)20-8-4-2-5-9-20/h2-16H,1H3/t25-,26+/m0/s1. The molecule has 0 N–H and O–H groups in total. The SMILES string of the molecule is Cc1ccc2cc3c(cc2c1)[C@@]1(c2ccccc2)OC(=O)O[C@@]31c1ccccc1. The van der Waals surface area contributed by atoms with Crippen LogP contribution in [-0.4, -0.2) is 6.16 Å². The molecule has 140 valence electrons. The fourth-order valence-corrected chi connectivity index (χ4v) is 5.02. The van der Waals surface area contributed by atoms with Crippen molar-refractivity contribution in [2.45, 2.75) is 18.1 Å². The number of benzene rings is 4. The van der Waals surface area contributed by atoms with Crippen molar-refractivity contribution >= 4 is 16.9 Å². The summed E-state index contributed by atoms with van der Waals surface area (Å²) in [6.45, 7) is 2.08. The summed E-state index contributed by atoms with van der Waals surface area (Å²) in [5.41, 5.74) is 2.98. The van der Waals surface area contributed by atoms with Gasteiger partial charge in [-0.3, -0.25) is 0 Å². The van der Waals surface area contributed by atoms with E-state index in [0.29, 0.717) is 0 Å². The molecule has 1 aliphatic carbocycles. The third-order valence-electron chi connectivity index (χ3n) is 6.22. The van der Waals surface area contributed by atoms with Crippen LogP contribution in [-0.2, 0) is 20.7 Å². The van der Waals surface area contributed by atoms with Gasteiger partial charge in [-0.1, -0.05) is 84.4 Å². The van der Waals surface area contributed by atoms with E-state index in [-0.39, 0.29) is 0 Å². The Balaban J connectivity index is 1.74. The van der Waals surface area contributed by atoms with E-state index in [9.17, 15) is 4.79 Å². The largest absolute Gasteiger partial charge is 0.511 e. The lowest BCUT2D eigenvalue weighted by Gasteiger charge is -2.51. The van der Waals surface area contributed by atoms with E-state index in [4.69, 9.17) is 9.47 Å². The van der Waals surface area contributed by atoms with E-state index in [2.05, 4.69) is 37.3 Å². The van der Waals surface area contributed by atoms with Gasteiger partial charge < -0.3 is 9.47 Å². The molecule has 0 amide bonds. The molecule has 2 aliphatic rings. The Morgan fingerprint density at radius 3 is 1.69 bits per heavy atom. The predicted octanol–water partition coefficient (Wildman–Crippen LogP) is 5.82. The summed E-state index contributed by atoms with van der Waals surface area (Å²) < 4.78 is 12.1. The first-order valence-electron chi connectivity index (χ1n) is 9.73. The van der Waals surface area contributed by atoms with E-state index in [0.717, 1.165) is 33.0 Å². The van der Waals surface area contributed by atoms with Crippen molar-refractivity contribution in [3.05, 3.63) is 119 Å². The zero-order chi connectivity index (χ0) is 19.6. The van der Waals surface area contributed by atoms with Crippen molar-refractivity contribution in [2.24, 2.45) is 0 Å². The number of rotatable bonds is 2. The first-order chi connectivity index (χ1) is 14.1. The number of ether oxygens (including phenoxy) is 2. The molecule has 1 heterocycles. The van der Waals surface area contributed by atoms with Crippen LogP contribution in [0.15, 0.2) is 91.0 Å². The number of fused-ring (bicyclic) bond motifs is 5. The Morgan fingerprint density at radius 1 is 0.621 bits per heavy atom. The highest BCUT2D eigenvalue weighted by atomic mass is 16.8. The van der Waals surface area contributed by atoms with Crippen LogP contribution in [0.3, 0.4) is 0 Å². The van der Waals surface area contributed by atoms with Crippen molar-refractivity contribution in [2.75, 3.05) is 0 Å². The van der Waals surface area contributed by atoms with E-state index < -0.39 is 17.4 Å². The molecule has 1 fully saturated rings. The molecule has 0 spiro atoms. The zero-order valence-corrected chi connectivity index (χ0v) is 15.9. The molecule has 2 atom stereocenters. The van der Waals surface area contributed by atoms with Crippen LogP contribution in [0.4, 0.5) is 4.79 Å². The normalized spacial score (nSPS) is 24.2. The van der Waals surface area contributed by atoms with Gasteiger partial charge >= 0.3 is 6.16 Å². The van der Waals surface area contributed by atoms with Gasteiger partial charge in [-0.25, -0.2) is 4.79 Å². The lowest BCUT2D eigenvalue weighted by atomic mass is 9.55. The molecule has 4 aromatic rings. The molecule has 6 rings (SSSR count). The number of hydrogen-bond acceptors (Lipinski definition) is 3. The highest BCUT2D eigenvalue weighted by Crippen LogP contribution is 2.67. The van der Waals surface area contributed by atoms with Gasteiger partial charge in [0.1, 0.15) is 0 Å². The quantitative estimate of drug-likeness (QED) is 0.413. The topological polar surface area (TPSA) is 35.5 Å². The summed E-state index contributed by atoms with van der Waals surface area (Å²) in [4.78, 5) is 12.6. The Labute approximate surface area is 168 Å². The summed E-state index contributed by atoms with van der Waals surface area (Å²) in [5, 5.41) is 2.25. The summed E-state index contributed by atoms with van der Waals surface area (Å²) in [7, 11) is 0. The van der Waals surface area contributed by atoms with Gasteiger partial charge in [0.25, 0.3) is 0 Å². The molecule has 4 aromatic carbocycles. The lowest BCUT2D eigenvalue weighted by Crippen LogP contribution is -2.58. The van der Waals surface area contributed by atoms with Gasteiger partial charge in [-0.05, 0) is 29.8 Å². The van der Waals surface area contributed by atoms with Crippen LogP contribution in [0.5, 0.6) is 0 Å².